The predicted octanol–water partition coefficient (Wildman–Crippen LogP) is 5.36. The quantitative estimate of drug-likeness (QED) is 0.271. The van der Waals surface area contributed by atoms with Gasteiger partial charge < -0.3 is 10.5 Å². The Bertz CT molecular complexity index is 1870. The number of pyridine rings is 1. The number of anilines is 2. The van der Waals surface area contributed by atoms with Gasteiger partial charge in [-0.3, -0.25) is 9.10 Å². The van der Waals surface area contributed by atoms with E-state index in [0.29, 0.717) is 28.0 Å². The molecule has 0 fully saturated rings. The van der Waals surface area contributed by atoms with Gasteiger partial charge in [-0.2, -0.15) is 5.10 Å². The van der Waals surface area contributed by atoms with Crippen molar-refractivity contribution in [1.29, 1.82) is 0 Å². The van der Waals surface area contributed by atoms with Gasteiger partial charge in [-0.05, 0) is 67.8 Å². The topological polar surface area (TPSA) is 120 Å². The Morgan fingerprint density at radius 2 is 1.79 bits per heavy atom. The van der Waals surface area contributed by atoms with E-state index in [1.165, 1.54) is 41.3 Å². The summed E-state index contributed by atoms with van der Waals surface area (Å²) in [7, 11) is -3.75. The van der Waals surface area contributed by atoms with E-state index in [0.717, 1.165) is 22.7 Å². The number of carbonyl (C=O) groups is 1. The number of hydrogen-bond acceptors (Lipinski definition) is 7. The number of para-hydroxylation sites is 1. The largest absolute Gasteiger partial charge is 0.433 e. The molecule has 0 aliphatic heterocycles. The number of rotatable bonds is 8. The minimum atomic E-state index is -3.75. The number of hydrogen-bond donors (Lipinski definition) is 1. The summed E-state index contributed by atoms with van der Waals surface area (Å²) >= 11 is 0. The van der Waals surface area contributed by atoms with Gasteiger partial charge in [-0.25, -0.2) is 31.3 Å². The van der Waals surface area contributed by atoms with Crippen LogP contribution in [-0.2, 0) is 16.4 Å². The van der Waals surface area contributed by atoms with E-state index in [4.69, 9.17) is 10.5 Å². The number of ether oxygens (including phenoxy) is 1. The van der Waals surface area contributed by atoms with Crippen molar-refractivity contribution in [2.75, 3.05) is 16.3 Å². The average Bonchev–Trinajstić information content (AvgIpc) is 3.48. The standard InChI is InChI=1S/C29H26F3N5O4S/c1-15(2)37(42(4,39)40)24-12-18-10-19(9-17(18)11-23(24)32)27(38)20-13-35-36(29(20)33)25-14-34-26(8-16(25)3)41-28-21(30)6-5-7-22(28)31/h5-9,11-15H,10,33H2,1-4H3. The first-order valence-corrected chi connectivity index (χ1v) is 14.6. The Labute approximate surface area is 240 Å². The van der Waals surface area contributed by atoms with Crippen LogP contribution in [-0.4, -0.2) is 41.3 Å². The predicted molar refractivity (Wildman–Crippen MR) is 152 cm³/mol. The van der Waals surface area contributed by atoms with Gasteiger partial charge in [0, 0.05) is 24.1 Å². The van der Waals surface area contributed by atoms with Crippen molar-refractivity contribution in [2.45, 2.75) is 33.2 Å². The molecule has 1 aliphatic rings. The minimum Gasteiger partial charge on any atom is -0.433 e. The fourth-order valence-corrected chi connectivity index (χ4v) is 6.15. The van der Waals surface area contributed by atoms with E-state index in [2.05, 4.69) is 10.1 Å². The van der Waals surface area contributed by atoms with E-state index in [9.17, 15) is 22.0 Å². The van der Waals surface area contributed by atoms with Crippen molar-refractivity contribution >= 4 is 33.4 Å². The van der Waals surface area contributed by atoms with Gasteiger partial charge in [0.2, 0.25) is 21.7 Å². The molecule has 2 aromatic carbocycles. The van der Waals surface area contributed by atoms with Crippen molar-refractivity contribution in [2.24, 2.45) is 0 Å². The van der Waals surface area contributed by atoms with Crippen LogP contribution in [0.1, 0.15) is 40.9 Å². The van der Waals surface area contributed by atoms with Crippen molar-refractivity contribution in [1.82, 2.24) is 14.8 Å². The molecule has 0 saturated carbocycles. The molecule has 4 aromatic rings. The summed E-state index contributed by atoms with van der Waals surface area (Å²) in [5.41, 5.74) is 8.65. The molecular formula is C29H26F3N5O4S. The third-order valence-electron chi connectivity index (χ3n) is 6.74. The third-order valence-corrected chi connectivity index (χ3v) is 8.07. The fourth-order valence-electron chi connectivity index (χ4n) is 4.89. The summed E-state index contributed by atoms with van der Waals surface area (Å²) in [6, 6.07) is 6.92. The highest BCUT2D eigenvalue weighted by molar-refractivity contribution is 7.92. The normalized spacial score (nSPS) is 12.8. The zero-order chi connectivity index (χ0) is 30.5. The molecule has 1 aliphatic carbocycles. The number of ketones is 1. The Kier molecular flexibility index (Phi) is 7.31. The van der Waals surface area contributed by atoms with Crippen LogP contribution in [0.25, 0.3) is 11.8 Å². The summed E-state index contributed by atoms with van der Waals surface area (Å²) in [5.74, 6) is -3.55. The van der Waals surface area contributed by atoms with E-state index in [-0.39, 0.29) is 29.4 Å². The van der Waals surface area contributed by atoms with Gasteiger partial charge in [-0.1, -0.05) is 6.07 Å². The maximum absolute atomic E-state index is 15.0. The first-order chi connectivity index (χ1) is 19.8. The molecule has 9 nitrogen and oxygen atoms in total. The minimum absolute atomic E-state index is 0.0190. The number of benzene rings is 2. The van der Waals surface area contributed by atoms with Crippen molar-refractivity contribution in [3.05, 3.63) is 94.1 Å². The Morgan fingerprint density at radius 3 is 2.40 bits per heavy atom. The van der Waals surface area contributed by atoms with Crippen molar-refractivity contribution < 1.29 is 31.1 Å². The molecule has 2 heterocycles. The van der Waals surface area contributed by atoms with Gasteiger partial charge in [0.25, 0.3) is 0 Å². The summed E-state index contributed by atoms with van der Waals surface area (Å²) in [4.78, 5) is 17.6. The van der Waals surface area contributed by atoms with E-state index in [1.807, 2.05) is 0 Å². The molecule has 0 saturated heterocycles. The molecule has 0 bridgehead atoms. The van der Waals surface area contributed by atoms with Gasteiger partial charge in [0.1, 0.15) is 11.6 Å². The first-order valence-electron chi connectivity index (χ1n) is 12.8. The number of carbonyl (C=O) groups excluding carboxylic acids is 1. The van der Waals surface area contributed by atoms with E-state index in [1.54, 1.807) is 26.8 Å². The molecule has 2 N–H and O–H groups in total. The molecule has 13 heteroatoms. The maximum Gasteiger partial charge on any atom is 0.232 e. The van der Waals surface area contributed by atoms with Crippen LogP contribution in [0.4, 0.5) is 24.7 Å². The molecule has 0 radical (unpaired) electrons. The lowest BCUT2D eigenvalue weighted by molar-refractivity contribution is 0.103. The molecule has 2 aromatic heterocycles. The second-order valence-electron chi connectivity index (χ2n) is 10.1. The molecule has 0 unspecified atom stereocenters. The molecule has 42 heavy (non-hydrogen) atoms. The summed E-state index contributed by atoms with van der Waals surface area (Å²) < 4.78 is 75.2. The van der Waals surface area contributed by atoms with Crippen LogP contribution >= 0.6 is 0 Å². The molecular weight excluding hydrogens is 571 g/mol. The summed E-state index contributed by atoms with van der Waals surface area (Å²) in [6.45, 7) is 4.97. The second kappa shape index (κ2) is 10.6. The Hall–Kier alpha value is -4.65. The average molecular weight is 598 g/mol. The van der Waals surface area contributed by atoms with Crippen LogP contribution in [0, 0.1) is 24.4 Å². The highest BCUT2D eigenvalue weighted by Crippen LogP contribution is 2.35. The first kappa shape index (κ1) is 28.9. The smallest absolute Gasteiger partial charge is 0.232 e. The second-order valence-corrected chi connectivity index (χ2v) is 12.0. The number of aromatic nitrogens is 3. The zero-order valence-electron chi connectivity index (χ0n) is 23.0. The number of Topliss-reactive ketones (excluding diaryl/α,β-unsaturated/α-hetero) is 1. The summed E-state index contributed by atoms with van der Waals surface area (Å²) in [6.07, 6.45) is 5.34. The number of aryl methyl sites for hydroxylation is 1. The van der Waals surface area contributed by atoms with Gasteiger partial charge in [0.05, 0.1) is 35.6 Å². The lowest BCUT2D eigenvalue weighted by atomic mass is 10.0. The highest BCUT2D eigenvalue weighted by Gasteiger charge is 2.29. The van der Waals surface area contributed by atoms with Crippen LogP contribution in [0.5, 0.6) is 11.6 Å². The Balaban J connectivity index is 1.39. The summed E-state index contributed by atoms with van der Waals surface area (Å²) in [5, 5.41) is 4.24. The number of fused-ring (bicyclic) bond motifs is 1. The van der Waals surface area contributed by atoms with Crippen LogP contribution in [0.2, 0.25) is 0 Å². The molecule has 0 atom stereocenters. The Morgan fingerprint density at radius 1 is 1.10 bits per heavy atom. The highest BCUT2D eigenvalue weighted by atomic mass is 32.2. The van der Waals surface area contributed by atoms with Crippen LogP contribution in [0.15, 0.2) is 54.4 Å². The lowest BCUT2D eigenvalue weighted by Crippen LogP contribution is -2.36. The number of nitrogens with zero attached hydrogens (tertiary/aromatic N) is 4. The maximum atomic E-state index is 15.0. The SMILES string of the molecule is Cc1cc(Oc2c(F)cccc2F)ncc1-n1ncc(C(=O)C2=Cc3cc(F)c(N(C(C)C)S(C)(=O)=O)cc3C2)c1N. The monoisotopic (exact) mass is 597 g/mol. The molecule has 0 spiro atoms. The third kappa shape index (κ3) is 5.22. The fraction of sp³-hybridized carbons (Fsp3) is 0.207. The molecule has 5 rings (SSSR count). The van der Waals surface area contributed by atoms with E-state index >= 15 is 4.39 Å². The molecule has 218 valence electrons. The zero-order valence-corrected chi connectivity index (χ0v) is 23.8. The van der Waals surface area contributed by atoms with Gasteiger partial charge in [-0.15, -0.1) is 0 Å². The van der Waals surface area contributed by atoms with Crippen molar-refractivity contribution in [3.8, 4) is 17.3 Å². The van der Waals surface area contributed by atoms with Crippen LogP contribution in [0.3, 0.4) is 0 Å². The number of sulfonamides is 1. The number of halogens is 3. The lowest BCUT2D eigenvalue weighted by Gasteiger charge is -2.27. The van der Waals surface area contributed by atoms with Crippen LogP contribution < -0.4 is 14.8 Å². The van der Waals surface area contributed by atoms with Gasteiger partial charge in [0.15, 0.2) is 17.4 Å². The van der Waals surface area contributed by atoms with E-state index < -0.39 is 45.0 Å². The van der Waals surface area contributed by atoms with Gasteiger partial charge >= 0.3 is 0 Å². The van der Waals surface area contributed by atoms with Crippen molar-refractivity contribution in [3.63, 3.8) is 0 Å². The number of nitrogen functional groups attached to an aromatic ring is 1. The number of nitrogens with two attached hydrogens (primary N) is 1. The number of allylic oxidation sites excluding steroid dienone is 1. The molecule has 0 amide bonds.